The van der Waals surface area contributed by atoms with Gasteiger partial charge in [0.15, 0.2) is 9.84 Å². The molecule has 2 N–H and O–H groups in total. The van der Waals surface area contributed by atoms with Crippen LogP contribution in [0.5, 0.6) is 5.75 Å². The van der Waals surface area contributed by atoms with Gasteiger partial charge in [0.2, 0.25) is 0 Å². The molecular weight excluding hydrogens is 318 g/mol. The fourth-order valence-electron chi connectivity index (χ4n) is 2.13. The molecule has 1 unspecified atom stereocenters. The van der Waals surface area contributed by atoms with Crippen LogP contribution in [0.4, 0.5) is 0 Å². The predicted molar refractivity (Wildman–Crippen MR) is 74.3 cm³/mol. The van der Waals surface area contributed by atoms with Crippen molar-refractivity contribution in [2.75, 3.05) is 12.3 Å². The fraction of sp³-hybridized carbons (Fsp3) is 0.500. The molecule has 1 aromatic carbocycles. The highest BCUT2D eigenvalue weighted by Gasteiger charge is 2.30. The summed E-state index contributed by atoms with van der Waals surface area (Å²) < 4.78 is 23.9. The molecule has 0 bridgehead atoms. The van der Waals surface area contributed by atoms with Gasteiger partial charge in [-0.2, -0.15) is 0 Å². The summed E-state index contributed by atoms with van der Waals surface area (Å²) >= 11 is 3.25. The van der Waals surface area contributed by atoms with Gasteiger partial charge in [-0.25, -0.2) is 8.42 Å². The first-order valence-electron chi connectivity index (χ1n) is 5.89. The predicted octanol–water partition coefficient (Wildman–Crippen LogP) is 1.82. The van der Waals surface area contributed by atoms with E-state index in [9.17, 15) is 13.5 Å². The Hall–Kier alpha value is -0.590. The molecule has 1 atom stereocenters. The van der Waals surface area contributed by atoms with Gasteiger partial charge in [-0.05, 0) is 46.5 Å². The maximum atomic E-state index is 11.6. The Balaban J connectivity index is 1.87. The molecule has 1 aliphatic heterocycles. The summed E-state index contributed by atoms with van der Waals surface area (Å²) in [6.07, 6.45) is 1.54. The Morgan fingerprint density at radius 2 is 2.22 bits per heavy atom. The van der Waals surface area contributed by atoms with E-state index in [1.54, 1.807) is 6.07 Å². The minimum atomic E-state index is -2.87. The second kappa shape index (κ2) is 5.59. The Bertz CT molecular complexity index is 530. The first-order chi connectivity index (χ1) is 8.49. The molecule has 6 heteroatoms. The van der Waals surface area contributed by atoms with E-state index in [1.165, 1.54) is 0 Å². The van der Waals surface area contributed by atoms with E-state index >= 15 is 0 Å². The third-order valence-electron chi connectivity index (χ3n) is 3.18. The summed E-state index contributed by atoms with van der Waals surface area (Å²) in [6.45, 7) is 1.10. The molecule has 2 rings (SSSR count). The van der Waals surface area contributed by atoms with Crippen LogP contribution in [0, 0.1) is 0 Å². The molecule has 0 saturated carbocycles. The van der Waals surface area contributed by atoms with Crippen molar-refractivity contribution in [1.29, 1.82) is 0 Å². The number of halogens is 1. The maximum Gasteiger partial charge on any atom is 0.154 e. The average molecular weight is 334 g/mol. The number of rotatable bonds is 4. The Morgan fingerprint density at radius 3 is 2.83 bits per heavy atom. The van der Waals surface area contributed by atoms with Crippen molar-refractivity contribution < 1.29 is 13.5 Å². The Morgan fingerprint density at radius 1 is 1.44 bits per heavy atom. The van der Waals surface area contributed by atoms with Gasteiger partial charge < -0.3 is 10.4 Å². The number of phenols is 1. The molecule has 100 valence electrons. The molecule has 1 aliphatic rings. The summed E-state index contributed by atoms with van der Waals surface area (Å²) in [5, 5.41) is 12.3. The van der Waals surface area contributed by atoms with Crippen LogP contribution in [0.3, 0.4) is 0 Å². The largest absolute Gasteiger partial charge is 0.507 e. The lowest BCUT2D eigenvalue weighted by molar-refractivity contribution is 0.471. The molecule has 0 radical (unpaired) electrons. The summed E-state index contributed by atoms with van der Waals surface area (Å²) in [5.41, 5.74) is 1.01. The summed E-state index contributed by atoms with van der Waals surface area (Å²) in [4.78, 5) is 0. The number of benzene rings is 1. The van der Waals surface area contributed by atoms with E-state index in [0.717, 1.165) is 18.4 Å². The molecular formula is C12H16BrNO3S. The lowest BCUT2D eigenvalue weighted by Gasteiger charge is -2.11. The first kappa shape index (κ1) is 13.8. The number of phenolic OH excluding ortho intramolecular Hbond substituents is 1. The third-order valence-corrected chi connectivity index (χ3v) is 6.09. The van der Waals surface area contributed by atoms with E-state index in [-0.39, 0.29) is 11.0 Å². The summed E-state index contributed by atoms with van der Waals surface area (Å²) in [7, 11) is -2.87. The highest BCUT2D eigenvalue weighted by Crippen LogP contribution is 2.24. The Kier molecular flexibility index (Phi) is 4.29. The van der Waals surface area contributed by atoms with Gasteiger partial charge >= 0.3 is 0 Å². The summed E-state index contributed by atoms with van der Waals surface area (Å²) in [5.74, 6) is 0.529. The van der Waals surface area contributed by atoms with Gasteiger partial charge in [0.25, 0.3) is 0 Å². The molecule has 1 aromatic rings. The highest BCUT2D eigenvalue weighted by atomic mass is 79.9. The van der Waals surface area contributed by atoms with E-state index < -0.39 is 9.84 Å². The summed E-state index contributed by atoms with van der Waals surface area (Å²) in [6, 6.07) is 5.26. The lowest BCUT2D eigenvalue weighted by atomic mass is 10.2. The normalized spacial score (nSPS) is 22.2. The minimum Gasteiger partial charge on any atom is -0.507 e. The Labute approximate surface area is 115 Å². The smallest absolute Gasteiger partial charge is 0.154 e. The van der Waals surface area contributed by atoms with E-state index in [0.29, 0.717) is 23.3 Å². The van der Waals surface area contributed by atoms with Crippen LogP contribution >= 0.6 is 15.9 Å². The van der Waals surface area contributed by atoms with E-state index in [1.807, 2.05) is 12.1 Å². The quantitative estimate of drug-likeness (QED) is 0.882. The van der Waals surface area contributed by atoms with E-state index in [2.05, 4.69) is 21.2 Å². The lowest BCUT2D eigenvalue weighted by Crippen LogP contribution is -2.30. The highest BCUT2D eigenvalue weighted by molar-refractivity contribution is 9.10. The van der Waals surface area contributed by atoms with Crippen LogP contribution < -0.4 is 5.32 Å². The number of hydrogen-bond donors (Lipinski definition) is 2. The molecule has 1 fully saturated rings. The van der Waals surface area contributed by atoms with Gasteiger partial charge in [-0.15, -0.1) is 0 Å². The van der Waals surface area contributed by atoms with Crippen molar-refractivity contribution in [1.82, 2.24) is 5.32 Å². The fourth-order valence-corrected chi connectivity index (χ4v) is 4.35. The zero-order valence-electron chi connectivity index (χ0n) is 9.89. The molecule has 0 amide bonds. The van der Waals surface area contributed by atoms with Crippen LogP contribution in [0.15, 0.2) is 22.7 Å². The van der Waals surface area contributed by atoms with Crippen LogP contribution in [-0.2, 0) is 16.4 Å². The van der Waals surface area contributed by atoms with Crippen molar-refractivity contribution in [3.63, 3.8) is 0 Å². The zero-order chi connectivity index (χ0) is 13.2. The SMILES string of the molecule is O=S1(=O)CCCC1CNCc1ccc(O)c(Br)c1. The van der Waals surface area contributed by atoms with Crippen LogP contribution in [0.2, 0.25) is 0 Å². The number of hydrogen-bond acceptors (Lipinski definition) is 4. The van der Waals surface area contributed by atoms with Crippen molar-refractivity contribution in [3.05, 3.63) is 28.2 Å². The molecule has 0 aliphatic carbocycles. The second-order valence-corrected chi connectivity index (χ2v) is 7.80. The van der Waals surface area contributed by atoms with Crippen molar-refractivity contribution in [2.24, 2.45) is 0 Å². The number of sulfone groups is 1. The minimum absolute atomic E-state index is 0.206. The molecule has 0 spiro atoms. The standard InChI is InChI=1S/C12H16BrNO3S/c13-11-6-9(3-4-12(11)15)7-14-8-10-2-1-5-18(10,16)17/h3-4,6,10,14-15H,1-2,5,7-8H2. The number of nitrogens with one attached hydrogen (secondary N) is 1. The molecule has 4 nitrogen and oxygen atoms in total. The van der Waals surface area contributed by atoms with Gasteiger partial charge in [-0.3, -0.25) is 0 Å². The third kappa shape index (κ3) is 3.24. The molecule has 0 aromatic heterocycles. The molecule has 1 heterocycles. The van der Waals surface area contributed by atoms with Crippen LogP contribution in [0.1, 0.15) is 18.4 Å². The van der Waals surface area contributed by atoms with Gasteiger partial charge in [-0.1, -0.05) is 6.07 Å². The monoisotopic (exact) mass is 333 g/mol. The maximum absolute atomic E-state index is 11.6. The van der Waals surface area contributed by atoms with E-state index in [4.69, 9.17) is 0 Å². The zero-order valence-corrected chi connectivity index (χ0v) is 12.3. The number of aromatic hydroxyl groups is 1. The average Bonchev–Trinajstić information content (AvgIpc) is 2.63. The van der Waals surface area contributed by atoms with Crippen LogP contribution in [-0.4, -0.2) is 31.1 Å². The molecule has 18 heavy (non-hydrogen) atoms. The first-order valence-corrected chi connectivity index (χ1v) is 8.39. The van der Waals surface area contributed by atoms with Crippen molar-refractivity contribution in [2.45, 2.75) is 24.6 Å². The van der Waals surface area contributed by atoms with Gasteiger partial charge in [0.05, 0.1) is 15.5 Å². The topological polar surface area (TPSA) is 66.4 Å². The van der Waals surface area contributed by atoms with Gasteiger partial charge in [0.1, 0.15) is 5.75 Å². The van der Waals surface area contributed by atoms with Gasteiger partial charge in [0, 0.05) is 13.1 Å². The second-order valence-electron chi connectivity index (χ2n) is 4.55. The van der Waals surface area contributed by atoms with Crippen molar-refractivity contribution in [3.8, 4) is 5.75 Å². The van der Waals surface area contributed by atoms with Crippen molar-refractivity contribution >= 4 is 25.8 Å². The van der Waals surface area contributed by atoms with Crippen LogP contribution in [0.25, 0.3) is 0 Å². The molecule has 1 saturated heterocycles.